The van der Waals surface area contributed by atoms with Gasteiger partial charge in [0.15, 0.2) is 0 Å². The summed E-state index contributed by atoms with van der Waals surface area (Å²) in [4.78, 5) is 28.6. The summed E-state index contributed by atoms with van der Waals surface area (Å²) < 4.78 is 6.64. The van der Waals surface area contributed by atoms with Gasteiger partial charge in [0, 0.05) is 37.9 Å². The summed E-state index contributed by atoms with van der Waals surface area (Å²) in [6, 6.07) is 8.19. The fourth-order valence-corrected chi connectivity index (χ4v) is 2.66. The number of rotatable bonds is 6. The molecule has 0 spiro atoms. The molecule has 0 aliphatic heterocycles. The van der Waals surface area contributed by atoms with Crippen LogP contribution in [0.2, 0.25) is 5.02 Å². The van der Waals surface area contributed by atoms with Gasteiger partial charge in [-0.25, -0.2) is 4.98 Å². The van der Waals surface area contributed by atoms with Crippen LogP contribution in [0.5, 0.6) is 0 Å². The van der Waals surface area contributed by atoms with Crippen LogP contribution in [0.25, 0.3) is 5.65 Å². The summed E-state index contributed by atoms with van der Waals surface area (Å²) in [6.45, 7) is 0.805. The Labute approximate surface area is 154 Å². The molecular weight excluding hydrogens is 356 g/mol. The molecule has 0 radical (unpaired) electrons. The van der Waals surface area contributed by atoms with Crippen LogP contribution in [-0.2, 0) is 4.74 Å². The van der Waals surface area contributed by atoms with Crippen LogP contribution < -0.4 is 10.6 Å². The number of carbonyl (C=O) groups excluding carboxylic acids is 2. The smallest absolute Gasteiger partial charge is 0.257 e. The Hall–Kier alpha value is -2.90. The van der Waals surface area contributed by atoms with Gasteiger partial charge in [-0.2, -0.15) is 0 Å². The van der Waals surface area contributed by atoms with E-state index in [0.717, 1.165) is 5.65 Å². The predicted octanol–water partition coefficient (Wildman–Crippen LogP) is 2.62. The molecule has 0 unspecified atom stereocenters. The minimum atomic E-state index is -0.296. The molecule has 0 atom stereocenters. The lowest BCUT2D eigenvalue weighted by Crippen LogP contribution is -2.27. The number of aromatic nitrogens is 2. The summed E-state index contributed by atoms with van der Waals surface area (Å²) in [7, 11) is 1.56. The van der Waals surface area contributed by atoms with Gasteiger partial charge in [-0.15, -0.1) is 0 Å². The number of hydrogen-bond donors (Lipinski definition) is 2. The van der Waals surface area contributed by atoms with Crippen molar-refractivity contribution in [3.05, 3.63) is 65.1 Å². The lowest BCUT2D eigenvalue weighted by molar-refractivity contribution is 0.0937. The first-order valence-corrected chi connectivity index (χ1v) is 8.27. The SMILES string of the molecule is COCCNC(=O)c1ccc(NC(=O)c2ccc3nccn3c2)cc1Cl. The molecular formula is C18H17ClN4O3. The molecule has 0 fully saturated rings. The van der Waals surface area contributed by atoms with E-state index in [0.29, 0.717) is 30.0 Å². The maximum absolute atomic E-state index is 12.4. The summed E-state index contributed by atoms with van der Waals surface area (Å²) in [5.74, 6) is -0.579. The van der Waals surface area contributed by atoms with E-state index in [9.17, 15) is 9.59 Å². The van der Waals surface area contributed by atoms with Gasteiger partial charge in [0.1, 0.15) is 5.65 Å². The van der Waals surface area contributed by atoms with Gasteiger partial charge in [-0.05, 0) is 30.3 Å². The molecule has 134 valence electrons. The fraction of sp³-hybridized carbons (Fsp3) is 0.167. The molecule has 0 saturated heterocycles. The number of nitrogens with zero attached hydrogens (tertiary/aromatic N) is 2. The number of benzene rings is 1. The monoisotopic (exact) mass is 372 g/mol. The molecule has 3 aromatic rings. The minimum absolute atomic E-state index is 0.253. The molecule has 2 heterocycles. The zero-order chi connectivity index (χ0) is 18.5. The lowest BCUT2D eigenvalue weighted by atomic mass is 10.2. The standard InChI is InChI=1S/C18H17ClN4O3/c1-26-9-7-21-18(25)14-4-3-13(10-15(14)19)22-17(24)12-2-5-16-20-6-8-23(16)11-12/h2-6,8,10-11H,7,9H2,1H3,(H,21,25)(H,22,24). The van der Waals surface area contributed by atoms with E-state index in [2.05, 4.69) is 15.6 Å². The molecule has 3 rings (SSSR count). The summed E-state index contributed by atoms with van der Waals surface area (Å²) in [6.07, 6.45) is 5.12. The highest BCUT2D eigenvalue weighted by molar-refractivity contribution is 6.34. The quantitative estimate of drug-likeness (QED) is 0.651. The molecule has 0 bridgehead atoms. The molecule has 1 aromatic carbocycles. The fourth-order valence-electron chi connectivity index (χ4n) is 2.40. The van der Waals surface area contributed by atoms with Crippen LogP contribution in [-0.4, -0.2) is 41.5 Å². The third-order valence-corrected chi connectivity index (χ3v) is 4.03. The Morgan fingerprint density at radius 3 is 2.85 bits per heavy atom. The lowest BCUT2D eigenvalue weighted by Gasteiger charge is -2.09. The van der Waals surface area contributed by atoms with Crippen molar-refractivity contribution in [2.45, 2.75) is 0 Å². The van der Waals surface area contributed by atoms with Gasteiger partial charge >= 0.3 is 0 Å². The molecule has 2 amide bonds. The number of methoxy groups -OCH3 is 1. The van der Waals surface area contributed by atoms with Crippen molar-refractivity contribution in [1.29, 1.82) is 0 Å². The Morgan fingerprint density at radius 1 is 1.23 bits per heavy atom. The van der Waals surface area contributed by atoms with E-state index >= 15 is 0 Å². The Balaban J connectivity index is 1.70. The Morgan fingerprint density at radius 2 is 2.08 bits per heavy atom. The number of pyridine rings is 1. The Bertz CT molecular complexity index is 955. The molecule has 2 N–H and O–H groups in total. The topological polar surface area (TPSA) is 84.7 Å². The van der Waals surface area contributed by atoms with Crippen molar-refractivity contribution in [2.24, 2.45) is 0 Å². The number of halogens is 1. The molecule has 0 aliphatic carbocycles. The maximum atomic E-state index is 12.4. The maximum Gasteiger partial charge on any atom is 0.257 e. The van der Waals surface area contributed by atoms with Gasteiger partial charge < -0.3 is 19.8 Å². The first-order chi connectivity index (χ1) is 12.6. The number of anilines is 1. The van der Waals surface area contributed by atoms with Crippen LogP contribution in [0.4, 0.5) is 5.69 Å². The molecule has 0 aliphatic rings. The number of imidazole rings is 1. The van der Waals surface area contributed by atoms with E-state index < -0.39 is 0 Å². The Kier molecular flexibility index (Phi) is 5.50. The second-order valence-electron chi connectivity index (χ2n) is 5.51. The predicted molar refractivity (Wildman–Crippen MR) is 98.8 cm³/mol. The third-order valence-electron chi connectivity index (χ3n) is 3.71. The second kappa shape index (κ2) is 7.99. The van der Waals surface area contributed by atoms with E-state index in [1.165, 1.54) is 0 Å². The number of ether oxygens (including phenoxy) is 1. The number of amides is 2. The van der Waals surface area contributed by atoms with Crippen LogP contribution in [0.1, 0.15) is 20.7 Å². The molecule has 8 heteroatoms. The van der Waals surface area contributed by atoms with Crippen molar-refractivity contribution in [3.63, 3.8) is 0 Å². The van der Waals surface area contributed by atoms with Gasteiger partial charge in [0.25, 0.3) is 11.8 Å². The van der Waals surface area contributed by atoms with Gasteiger partial charge in [0.2, 0.25) is 0 Å². The molecule has 7 nitrogen and oxygen atoms in total. The van der Waals surface area contributed by atoms with E-state index in [-0.39, 0.29) is 16.8 Å². The normalized spacial score (nSPS) is 10.7. The van der Waals surface area contributed by atoms with Crippen LogP contribution >= 0.6 is 11.6 Å². The first-order valence-electron chi connectivity index (χ1n) is 7.89. The number of carbonyl (C=O) groups is 2. The zero-order valence-corrected chi connectivity index (χ0v) is 14.8. The van der Waals surface area contributed by atoms with Crippen LogP contribution in [0.15, 0.2) is 48.9 Å². The highest BCUT2D eigenvalue weighted by Crippen LogP contribution is 2.21. The van der Waals surface area contributed by atoms with Crippen molar-refractivity contribution >= 4 is 34.7 Å². The largest absolute Gasteiger partial charge is 0.383 e. The average Bonchev–Trinajstić information content (AvgIpc) is 3.09. The van der Waals surface area contributed by atoms with Crippen LogP contribution in [0, 0.1) is 0 Å². The highest BCUT2D eigenvalue weighted by Gasteiger charge is 2.12. The van der Waals surface area contributed by atoms with Gasteiger partial charge in [-0.3, -0.25) is 9.59 Å². The van der Waals surface area contributed by atoms with E-state index in [1.807, 2.05) is 0 Å². The number of nitrogens with one attached hydrogen (secondary N) is 2. The van der Waals surface area contributed by atoms with E-state index in [4.69, 9.17) is 16.3 Å². The summed E-state index contributed by atoms with van der Waals surface area (Å²) in [5.41, 5.74) is 2.07. The summed E-state index contributed by atoms with van der Waals surface area (Å²) >= 11 is 6.17. The molecule has 26 heavy (non-hydrogen) atoms. The van der Waals surface area contributed by atoms with Gasteiger partial charge in [-0.1, -0.05) is 11.6 Å². The third kappa shape index (κ3) is 4.01. The second-order valence-corrected chi connectivity index (χ2v) is 5.92. The first kappa shape index (κ1) is 17.9. The van der Waals surface area contributed by atoms with Crippen molar-refractivity contribution in [1.82, 2.24) is 14.7 Å². The van der Waals surface area contributed by atoms with Crippen molar-refractivity contribution in [2.75, 3.05) is 25.6 Å². The number of fused-ring (bicyclic) bond motifs is 1. The van der Waals surface area contributed by atoms with E-state index in [1.54, 1.807) is 60.4 Å². The molecule has 0 saturated carbocycles. The van der Waals surface area contributed by atoms with Crippen molar-refractivity contribution < 1.29 is 14.3 Å². The minimum Gasteiger partial charge on any atom is -0.383 e. The highest BCUT2D eigenvalue weighted by atomic mass is 35.5. The van der Waals surface area contributed by atoms with Crippen molar-refractivity contribution in [3.8, 4) is 0 Å². The summed E-state index contributed by atoms with van der Waals surface area (Å²) in [5, 5.41) is 5.71. The number of hydrogen-bond acceptors (Lipinski definition) is 4. The van der Waals surface area contributed by atoms with Crippen LogP contribution in [0.3, 0.4) is 0 Å². The van der Waals surface area contributed by atoms with Gasteiger partial charge in [0.05, 0.1) is 22.8 Å². The zero-order valence-electron chi connectivity index (χ0n) is 14.0. The average molecular weight is 373 g/mol. The molecule has 2 aromatic heterocycles.